The van der Waals surface area contributed by atoms with Crippen molar-refractivity contribution in [3.05, 3.63) is 54.7 Å². The van der Waals surface area contributed by atoms with Crippen LogP contribution < -0.4 is 10.5 Å². The molecule has 3 rings (SSSR count). The molecule has 0 aliphatic heterocycles. The average molecular weight is 387 g/mol. The molecule has 0 spiro atoms. The second-order valence-electron chi connectivity index (χ2n) is 5.96. The molecule has 0 bridgehead atoms. The molecule has 0 saturated carbocycles. The lowest BCUT2D eigenvalue weighted by Gasteiger charge is -2.08. The van der Waals surface area contributed by atoms with Crippen LogP contribution in [0, 0.1) is 0 Å². The molecule has 3 aromatic rings. The van der Waals surface area contributed by atoms with Crippen LogP contribution in [0.1, 0.15) is 0 Å². The quantitative estimate of drug-likeness (QED) is 0.584. The number of rotatable bonds is 6. The standard InChI is InChI=1S/C18H17N3O5S/c19-27(25,26)15-5-3-12(4-6-15)14-2-1-13-7-8-21(16(13)9-14)11-17(22)20-10-18(23)24/h1-9H,10-11H2,(H,20,22)(H,23,24)(H2,19,25,26). The lowest BCUT2D eigenvalue weighted by molar-refractivity contribution is -0.138. The summed E-state index contributed by atoms with van der Waals surface area (Å²) in [4.78, 5) is 22.5. The van der Waals surface area contributed by atoms with Crippen molar-refractivity contribution in [1.82, 2.24) is 9.88 Å². The van der Waals surface area contributed by atoms with Crippen LogP contribution >= 0.6 is 0 Å². The fourth-order valence-electron chi connectivity index (χ4n) is 2.72. The topological polar surface area (TPSA) is 131 Å². The molecular formula is C18H17N3O5S. The summed E-state index contributed by atoms with van der Waals surface area (Å²) in [6.07, 6.45) is 1.75. The van der Waals surface area contributed by atoms with Crippen LogP contribution in [0.5, 0.6) is 0 Å². The number of carbonyl (C=O) groups is 2. The fraction of sp³-hybridized carbons (Fsp3) is 0.111. The number of nitrogens with zero attached hydrogens (tertiary/aromatic N) is 1. The molecule has 0 saturated heterocycles. The first-order valence-corrected chi connectivity index (χ1v) is 9.49. The Bertz CT molecular complexity index is 1120. The third-order valence-corrected chi connectivity index (χ3v) is 4.97. The Balaban J connectivity index is 1.88. The van der Waals surface area contributed by atoms with E-state index in [4.69, 9.17) is 10.2 Å². The van der Waals surface area contributed by atoms with Crippen molar-refractivity contribution < 1.29 is 23.1 Å². The maximum Gasteiger partial charge on any atom is 0.322 e. The molecule has 0 radical (unpaired) electrons. The van der Waals surface area contributed by atoms with Gasteiger partial charge in [-0.1, -0.05) is 24.3 Å². The predicted octanol–water partition coefficient (Wildman–Crippen LogP) is 1.16. The number of carboxylic acids is 1. The van der Waals surface area contributed by atoms with Gasteiger partial charge in [0.2, 0.25) is 15.9 Å². The zero-order chi connectivity index (χ0) is 19.6. The maximum absolute atomic E-state index is 11.9. The smallest absolute Gasteiger partial charge is 0.322 e. The van der Waals surface area contributed by atoms with Gasteiger partial charge in [0.15, 0.2) is 0 Å². The zero-order valence-corrected chi connectivity index (χ0v) is 14.9. The normalized spacial score (nSPS) is 11.4. The van der Waals surface area contributed by atoms with Crippen LogP contribution in [0.3, 0.4) is 0 Å². The van der Waals surface area contributed by atoms with E-state index in [1.165, 1.54) is 12.1 Å². The van der Waals surface area contributed by atoms with Gasteiger partial charge < -0.3 is 15.0 Å². The van der Waals surface area contributed by atoms with E-state index in [2.05, 4.69) is 5.32 Å². The van der Waals surface area contributed by atoms with E-state index in [1.54, 1.807) is 22.9 Å². The molecule has 0 unspecified atom stereocenters. The van der Waals surface area contributed by atoms with Crippen molar-refractivity contribution >= 4 is 32.8 Å². The largest absolute Gasteiger partial charge is 0.480 e. The number of hydrogen-bond donors (Lipinski definition) is 3. The summed E-state index contributed by atoms with van der Waals surface area (Å²) in [6, 6.07) is 13.7. The zero-order valence-electron chi connectivity index (χ0n) is 14.1. The number of carboxylic acid groups (broad SMARTS) is 1. The van der Waals surface area contributed by atoms with Gasteiger partial charge in [0.25, 0.3) is 0 Å². The molecule has 2 aromatic carbocycles. The van der Waals surface area contributed by atoms with Crippen molar-refractivity contribution in [2.24, 2.45) is 5.14 Å². The third-order valence-electron chi connectivity index (χ3n) is 4.04. The van der Waals surface area contributed by atoms with E-state index in [0.29, 0.717) is 0 Å². The van der Waals surface area contributed by atoms with Crippen molar-refractivity contribution in [2.75, 3.05) is 6.54 Å². The van der Waals surface area contributed by atoms with Crippen molar-refractivity contribution in [2.45, 2.75) is 11.4 Å². The Hall–Kier alpha value is -3.17. The molecule has 9 heteroatoms. The van der Waals surface area contributed by atoms with Gasteiger partial charge in [-0.05, 0) is 40.8 Å². The van der Waals surface area contributed by atoms with Gasteiger partial charge >= 0.3 is 5.97 Å². The van der Waals surface area contributed by atoms with E-state index in [9.17, 15) is 18.0 Å². The predicted molar refractivity (Wildman–Crippen MR) is 99.4 cm³/mol. The lowest BCUT2D eigenvalue weighted by atomic mass is 10.0. The second kappa shape index (κ2) is 7.22. The van der Waals surface area contributed by atoms with E-state index in [-0.39, 0.29) is 11.4 Å². The Kier molecular flexibility index (Phi) is 4.98. The summed E-state index contributed by atoms with van der Waals surface area (Å²) in [5.41, 5.74) is 2.44. The third kappa shape index (κ3) is 4.33. The fourth-order valence-corrected chi connectivity index (χ4v) is 3.24. The molecule has 0 atom stereocenters. The molecule has 0 aliphatic rings. The van der Waals surface area contributed by atoms with Gasteiger partial charge in [-0.2, -0.15) is 0 Å². The lowest BCUT2D eigenvalue weighted by Crippen LogP contribution is -2.31. The Morgan fingerprint density at radius 3 is 2.33 bits per heavy atom. The van der Waals surface area contributed by atoms with Crippen LogP contribution in [0.2, 0.25) is 0 Å². The molecular weight excluding hydrogens is 370 g/mol. The minimum absolute atomic E-state index is 0.00934. The summed E-state index contributed by atoms with van der Waals surface area (Å²) in [7, 11) is -3.75. The number of aromatic nitrogens is 1. The Labute approximate surface area is 155 Å². The van der Waals surface area contributed by atoms with Gasteiger partial charge in [-0.3, -0.25) is 9.59 Å². The van der Waals surface area contributed by atoms with E-state index in [0.717, 1.165) is 22.0 Å². The molecule has 4 N–H and O–H groups in total. The number of fused-ring (bicyclic) bond motifs is 1. The van der Waals surface area contributed by atoms with Gasteiger partial charge in [-0.15, -0.1) is 0 Å². The van der Waals surface area contributed by atoms with Crippen LogP contribution in [0.4, 0.5) is 0 Å². The molecule has 0 fully saturated rings. The van der Waals surface area contributed by atoms with Gasteiger partial charge in [0.05, 0.1) is 4.90 Å². The number of benzene rings is 2. The van der Waals surface area contributed by atoms with E-state index < -0.39 is 28.4 Å². The monoisotopic (exact) mass is 387 g/mol. The average Bonchev–Trinajstić information content (AvgIpc) is 3.01. The van der Waals surface area contributed by atoms with Crippen LogP contribution in [0.25, 0.3) is 22.0 Å². The highest BCUT2D eigenvalue weighted by atomic mass is 32.2. The summed E-state index contributed by atoms with van der Waals surface area (Å²) >= 11 is 0. The van der Waals surface area contributed by atoms with Gasteiger partial charge in [-0.25, -0.2) is 13.6 Å². The number of nitrogens with one attached hydrogen (secondary N) is 1. The first-order valence-electron chi connectivity index (χ1n) is 7.95. The van der Waals surface area contributed by atoms with Crippen LogP contribution in [-0.4, -0.2) is 36.5 Å². The summed E-state index contributed by atoms with van der Waals surface area (Å²) in [6.45, 7) is -0.440. The number of carbonyl (C=O) groups excluding carboxylic acids is 1. The number of amides is 1. The van der Waals surface area contributed by atoms with Crippen molar-refractivity contribution in [3.8, 4) is 11.1 Å². The highest BCUT2D eigenvalue weighted by Crippen LogP contribution is 2.26. The first-order chi connectivity index (χ1) is 12.7. The molecule has 8 nitrogen and oxygen atoms in total. The van der Waals surface area contributed by atoms with Crippen LogP contribution in [-0.2, 0) is 26.2 Å². The SMILES string of the molecule is NS(=O)(=O)c1ccc(-c2ccc3ccn(CC(=O)NCC(=O)O)c3c2)cc1. The summed E-state index contributed by atoms with van der Waals surface area (Å²) < 4.78 is 24.4. The van der Waals surface area contributed by atoms with Crippen molar-refractivity contribution in [1.29, 1.82) is 0 Å². The maximum atomic E-state index is 11.9. The van der Waals surface area contributed by atoms with Gasteiger partial charge in [0, 0.05) is 11.7 Å². The highest BCUT2D eigenvalue weighted by Gasteiger charge is 2.10. The first kappa shape index (κ1) is 18.6. The Morgan fingerprint density at radius 1 is 1.04 bits per heavy atom. The minimum Gasteiger partial charge on any atom is -0.480 e. The molecule has 27 heavy (non-hydrogen) atoms. The number of sulfonamides is 1. The minimum atomic E-state index is -3.75. The van der Waals surface area contributed by atoms with Gasteiger partial charge in [0.1, 0.15) is 13.1 Å². The summed E-state index contributed by atoms with van der Waals surface area (Å²) in [5, 5.41) is 17.0. The Morgan fingerprint density at radius 2 is 1.70 bits per heavy atom. The number of hydrogen-bond acceptors (Lipinski definition) is 4. The molecule has 140 valence electrons. The number of nitrogens with two attached hydrogens (primary N) is 1. The van der Waals surface area contributed by atoms with Crippen molar-refractivity contribution in [3.63, 3.8) is 0 Å². The molecule has 1 aromatic heterocycles. The number of primary sulfonamides is 1. The summed E-state index contributed by atoms with van der Waals surface area (Å²) in [5.74, 6) is -1.51. The highest BCUT2D eigenvalue weighted by molar-refractivity contribution is 7.89. The molecule has 0 aliphatic carbocycles. The second-order valence-corrected chi connectivity index (χ2v) is 7.52. The molecule has 1 amide bonds. The number of aliphatic carboxylic acids is 1. The van der Waals surface area contributed by atoms with E-state index in [1.807, 2.05) is 24.3 Å². The molecule has 1 heterocycles. The van der Waals surface area contributed by atoms with E-state index >= 15 is 0 Å². The van der Waals surface area contributed by atoms with Crippen LogP contribution in [0.15, 0.2) is 59.6 Å².